The first-order chi connectivity index (χ1) is 17.1. The van der Waals surface area contributed by atoms with E-state index in [1.165, 1.54) is 24.1 Å². The SMILES string of the molecule is Cc1ccc(OCC2CCC(C)N(CCN(C)c3noc4ccccc34)C2)c(N2CCOCC2)c1. The number of hydrogen-bond donors (Lipinski definition) is 0. The molecule has 0 saturated carbocycles. The summed E-state index contributed by atoms with van der Waals surface area (Å²) in [6.45, 7) is 11.6. The van der Waals surface area contributed by atoms with Gasteiger partial charge in [-0.05, 0) is 56.5 Å². The number of hydrogen-bond acceptors (Lipinski definition) is 7. The molecule has 188 valence electrons. The Bertz CT molecular complexity index is 1110. The van der Waals surface area contributed by atoms with E-state index in [-0.39, 0.29) is 0 Å². The van der Waals surface area contributed by atoms with Crippen molar-refractivity contribution >= 4 is 22.5 Å². The van der Waals surface area contributed by atoms with E-state index in [1.54, 1.807) is 0 Å². The molecule has 0 amide bonds. The second-order valence-electron chi connectivity index (χ2n) is 10.1. The van der Waals surface area contributed by atoms with E-state index in [9.17, 15) is 0 Å². The highest BCUT2D eigenvalue weighted by Crippen LogP contribution is 2.32. The number of benzene rings is 2. The van der Waals surface area contributed by atoms with Crippen molar-refractivity contribution in [1.29, 1.82) is 0 Å². The molecule has 2 aliphatic heterocycles. The lowest BCUT2D eigenvalue weighted by atomic mass is 9.94. The summed E-state index contributed by atoms with van der Waals surface area (Å²) in [5, 5.41) is 5.38. The molecule has 7 nitrogen and oxygen atoms in total. The average molecular weight is 479 g/mol. The highest BCUT2D eigenvalue weighted by Gasteiger charge is 2.27. The molecule has 2 aliphatic rings. The minimum absolute atomic E-state index is 0.531. The summed E-state index contributed by atoms with van der Waals surface area (Å²) in [5.74, 6) is 2.45. The van der Waals surface area contributed by atoms with Crippen LogP contribution in [0.15, 0.2) is 47.0 Å². The van der Waals surface area contributed by atoms with Gasteiger partial charge in [-0.1, -0.05) is 23.4 Å². The van der Waals surface area contributed by atoms with E-state index >= 15 is 0 Å². The zero-order chi connectivity index (χ0) is 24.2. The smallest absolute Gasteiger partial charge is 0.179 e. The Kier molecular flexibility index (Phi) is 7.44. The lowest BCUT2D eigenvalue weighted by Gasteiger charge is -2.39. The van der Waals surface area contributed by atoms with Gasteiger partial charge in [0.2, 0.25) is 0 Å². The first-order valence-electron chi connectivity index (χ1n) is 12.9. The van der Waals surface area contributed by atoms with Crippen molar-refractivity contribution in [2.75, 3.05) is 69.4 Å². The minimum atomic E-state index is 0.531. The number of nitrogens with zero attached hydrogens (tertiary/aromatic N) is 4. The predicted molar refractivity (Wildman–Crippen MR) is 141 cm³/mol. The van der Waals surface area contributed by atoms with Gasteiger partial charge < -0.3 is 23.8 Å². The van der Waals surface area contributed by atoms with Gasteiger partial charge in [0.05, 0.1) is 30.9 Å². The maximum atomic E-state index is 6.46. The maximum Gasteiger partial charge on any atom is 0.179 e. The molecule has 7 heteroatoms. The van der Waals surface area contributed by atoms with Gasteiger partial charge in [0.15, 0.2) is 11.4 Å². The molecule has 0 spiro atoms. The Balaban J connectivity index is 1.18. The summed E-state index contributed by atoms with van der Waals surface area (Å²) in [6, 6.07) is 15.2. The van der Waals surface area contributed by atoms with E-state index in [4.69, 9.17) is 14.0 Å². The summed E-state index contributed by atoms with van der Waals surface area (Å²) >= 11 is 0. The maximum absolute atomic E-state index is 6.46. The molecular formula is C28H38N4O3. The fraction of sp³-hybridized carbons (Fsp3) is 0.536. The summed E-state index contributed by atoms with van der Waals surface area (Å²) in [6.07, 6.45) is 2.41. The van der Waals surface area contributed by atoms with Crippen molar-refractivity contribution in [1.82, 2.24) is 10.1 Å². The molecule has 2 atom stereocenters. The van der Waals surface area contributed by atoms with Crippen LogP contribution < -0.4 is 14.5 Å². The van der Waals surface area contributed by atoms with Gasteiger partial charge >= 0.3 is 0 Å². The number of fused-ring (bicyclic) bond motifs is 1. The highest BCUT2D eigenvalue weighted by atomic mass is 16.5. The second-order valence-corrected chi connectivity index (χ2v) is 10.1. The van der Waals surface area contributed by atoms with Crippen LogP contribution in [0.25, 0.3) is 11.0 Å². The van der Waals surface area contributed by atoms with E-state index in [2.05, 4.69) is 65.0 Å². The topological polar surface area (TPSA) is 54.2 Å². The van der Waals surface area contributed by atoms with Crippen molar-refractivity contribution < 1.29 is 14.0 Å². The summed E-state index contributed by atoms with van der Waals surface area (Å²) in [7, 11) is 2.10. The molecule has 0 N–H and O–H groups in total. The number of rotatable bonds is 8. The zero-order valence-corrected chi connectivity index (χ0v) is 21.3. The predicted octanol–water partition coefficient (Wildman–Crippen LogP) is 4.59. The number of anilines is 2. The Morgan fingerprint density at radius 1 is 1.11 bits per heavy atom. The van der Waals surface area contributed by atoms with Crippen LogP contribution in [-0.2, 0) is 4.74 Å². The number of ether oxygens (including phenoxy) is 2. The van der Waals surface area contributed by atoms with E-state index in [0.29, 0.717) is 12.0 Å². The third kappa shape index (κ3) is 5.57. The fourth-order valence-corrected chi connectivity index (χ4v) is 5.25. The molecule has 2 unspecified atom stereocenters. The number of morpholine rings is 1. The second kappa shape index (κ2) is 10.9. The normalized spacial score (nSPS) is 21.4. The van der Waals surface area contributed by atoms with Crippen molar-refractivity contribution in [3.05, 3.63) is 48.0 Å². The van der Waals surface area contributed by atoms with Crippen LogP contribution in [0.5, 0.6) is 5.75 Å². The molecule has 2 saturated heterocycles. The molecule has 2 aromatic carbocycles. The Morgan fingerprint density at radius 2 is 1.94 bits per heavy atom. The highest BCUT2D eigenvalue weighted by molar-refractivity contribution is 5.88. The van der Waals surface area contributed by atoms with Crippen molar-refractivity contribution in [3.63, 3.8) is 0 Å². The van der Waals surface area contributed by atoms with Crippen molar-refractivity contribution in [2.24, 2.45) is 5.92 Å². The number of aromatic nitrogens is 1. The Labute approximate surface area is 208 Å². The Morgan fingerprint density at radius 3 is 2.80 bits per heavy atom. The lowest BCUT2D eigenvalue weighted by Crippen LogP contribution is -2.46. The molecule has 0 radical (unpaired) electrons. The first kappa shape index (κ1) is 23.9. The van der Waals surface area contributed by atoms with Crippen molar-refractivity contribution in [3.8, 4) is 5.75 Å². The van der Waals surface area contributed by atoms with Crippen LogP contribution in [0.1, 0.15) is 25.3 Å². The van der Waals surface area contributed by atoms with Crippen molar-refractivity contribution in [2.45, 2.75) is 32.7 Å². The van der Waals surface area contributed by atoms with Crippen LogP contribution in [0.2, 0.25) is 0 Å². The zero-order valence-electron chi connectivity index (χ0n) is 21.3. The van der Waals surface area contributed by atoms with E-state index < -0.39 is 0 Å². The van der Waals surface area contributed by atoms with Gasteiger partial charge in [-0.3, -0.25) is 4.90 Å². The monoisotopic (exact) mass is 478 g/mol. The third-order valence-corrected chi connectivity index (χ3v) is 7.49. The largest absolute Gasteiger partial charge is 0.491 e. The first-order valence-corrected chi connectivity index (χ1v) is 12.9. The molecular weight excluding hydrogens is 440 g/mol. The number of likely N-dealkylation sites (tertiary alicyclic amines) is 1. The molecule has 0 aliphatic carbocycles. The molecule has 0 bridgehead atoms. The van der Waals surface area contributed by atoms with Gasteiger partial charge in [-0.2, -0.15) is 0 Å². The summed E-state index contributed by atoms with van der Waals surface area (Å²) < 4.78 is 17.5. The van der Waals surface area contributed by atoms with Crippen LogP contribution in [0.4, 0.5) is 11.5 Å². The molecule has 1 aromatic heterocycles. The average Bonchev–Trinajstić information content (AvgIpc) is 3.32. The Hall–Kier alpha value is -2.77. The number of para-hydroxylation sites is 1. The lowest BCUT2D eigenvalue weighted by molar-refractivity contribution is 0.0917. The summed E-state index contributed by atoms with van der Waals surface area (Å²) in [5.41, 5.74) is 3.31. The number of likely N-dealkylation sites (N-methyl/N-ethyl adjacent to an activating group) is 1. The van der Waals surface area contributed by atoms with E-state index in [1.807, 2.05) is 18.2 Å². The van der Waals surface area contributed by atoms with Gasteiger partial charge in [-0.25, -0.2) is 0 Å². The quantitative estimate of drug-likeness (QED) is 0.469. The van der Waals surface area contributed by atoms with Gasteiger partial charge in [0, 0.05) is 51.7 Å². The van der Waals surface area contributed by atoms with Crippen LogP contribution in [0, 0.1) is 12.8 Å². The standard InChI is InChI=1S/C28H38N4O3/c1-21-8-11-27(25(18-21)31-14-16-33-17-15-31)34-20-23-10-9-22(2)32(19-23)13-12-30(3)28-24-6-4-5-7-26(24)35-29-28/h4-8,11,18,22-23H,9-10,12-17,19-20H2,1-3H3. The molecule has 3 aromatic rings. The third-order valence-electron chi connectivity index (χ3n) is 7.49. The van der Waals surface area contributed by atoms with Gasteiger partial charge in [0.25, 0.3) is 0 Å². The number of piperidine rings is 1. The molecule has 2 fully saturated rings. The molecule has 3 heterocycles. The van der Waals surface area contributed by atoms with Crippen LogP contribution in [0.3, 0.4) is 0 Å². The summed E-state index contributed by atoms with van der Waals surface area (Å²) in [4.78, 5) is 7.21. The fourth-order valence-electron chi connectivity index (χ4n) is 5.25. The minimum Gasteiger partial charge on any atom is -0.491 e. The van der Waals surface area contributed by atoms with Crippen LogP contribution in [-0.4, -0.2) is 75.7 Å². The van der Waals surface area contributed by atoms with E-state index in [0.717, 1.165) is 75.1 Å². The molecule has 5 rings (SSSR count). The number of aryl methyl sites for hydroxylation is 1. The van der Waals surface area contributed by atoms with Crippen LogP contribution >= 0.6 is 0 Å². The molecule has 35 heavy (non-hydrogen) atoms. The van der Waals surface area contributed by atoms with Gasteiger partial charge in [0.1, 0.15) is 5.75 Å². The van der Waals surface area contributed by atoms with Gasteiger partial charge in [-0.15, -0.1) is 0 Å².